The lowest BCUT2D eigenvalue weighted by Gasteiger charge is -2.29. The van der Waals surface area contributed by atoms with Gasteiger partial charge in [-0.25, -0.2) is 13.3 Å². The van der Waals surface area contributed by atoms with E-state index in [2.05, 4.69) is 4.98 Å². The number of carbonyl (C=O) groups is 2. The number of sulfonamides is 1. The lowest BCUT2D eigenvalue weighted by Crippen LogP contribution is -2.45. The Morgan fingerprint density at radius 1 is 1.06 bits per heavy atom. The summed E-state index contributed by atoms with van der Waals surface area (Å²) < 4.78 is 29.6. The molecule has 1 atom stereocenters. The summed E-state index contributed by atoms with van der Waals surface area (Å²) in [5.41, 5.74) is 4.14. The second-order valence-electron chi connectivity index (χ2n) is 8.95. The van der Waals surface area contributed by atoms with Gasteiger partial charge in [-0.3, -0.25) is 14.6 Å². The van der Waals surface area contributed by atoms with Gasteiger partial charge in [0, 0.05) is 18.9 Å². The van der Waals surface area contributed by atoms with Crippen LogP contribution in [0.3, 0.4) is 0 Å². The van der Waals surface area contributed by atoms with Crippen LogP contribution < -0.4 is 4.90 Å². The predicted octanol–water partition coefficient (Wildman–Crippen LogP) is 3.71. The number of pyridine rings is 1. The summed E-state index contributed by atoms with van der Waals surface area (Å²) in [5, 5.41) is 9.06. The van der Waals surface area contributed by atoms with Crippen molar-refractivity contribution in [2.24, 2.45) is 0 Å². The molecule has 0 radical (unpaired) electrons. The minimum absolute atomic E-state index is 0.118. The first kappa shape index (κ1) is 25.2. The van der Waals surface area contributed by atoms with Gasteiger partial charge in [0.15, 0.2) is 0 Å². The summed E-state index contributed by atoms with van der Waals surface area (Å²) >= 11 is 0. The largest absolute Gasteiger partial charge is 0.274 e. The third kappa shape index (κ3) is 4.41. The molecule has 9 heteroatoms. The number of hydrogen-bond acceptors (Lipinski definition) is 6. The summed E-state index contributed by atoms with van der Waals surface area (Å²) in [6, 6.07) is 12.2. The minimum atomic E-state index is -4.20. The van der Waals surface area contributed by atoms with Crippen LogP contribution in [0.2, 0.25) is 0 Å². The van der Waals surface area contributed by atoms with Crippen LogP contribution in [0.4, 0.5) is 5.69 Å². The van der Waals surface area contributed by atoms with Gasteiger partial charge in [-0.2, -0.15) is 9.57 Å². The van der Waals surface area contributed by atoms with Crippen molar-refractivity contribution in [2.45, 2.75) is 51.6 Å². The van der Waals surface area contributed by atoms with Gasteiger partial charge in [0.2, 0.25) is 15.9 Å². The van der Waals surface area contributed by atoms with Crippen LogP contribution in [0, 0.1) is 39.0 Å². The fraction of sp³-hybridized carbons (Fsp3) is 0.259. The zero-order valence-corrected chi connectivity index (χ0v) is 21.3. The number of rotatable bonds is 6. The van der Waals surface area contributed by atoms with E-state index >= 15 is 0 Å². The van der Waals surface area contributed by atoms with Crippen molar-refractivity contribution in [1.29, 1.82) is 5.26 Å². The zero-order chi connectivity index (χ0) is 26.2. The first-order chi connectivity index (χ1) is 17.1. The lowest BCUT2D eigenvalue weighted by atomic mass is 10.0. The van der Waals surface area contributed by atoms with E-state index in [9.17, 15) is 18.0 Å². The van der Waals surface area contributed by atoms with Crippen LogP contribution in [0.15, 0.2) is 59.8 Å². The Balaban J connectivity index is 1.83. The summed E-state index contributed by atoms with van der Waals surface area (Å²) in [4.78, 5) is 31.9. The first-order valence-corrected chi connectivity index (χ1v) is 12.9. The van der Waals surface area contributed by atoms with E-state index in [-0.39, 0.29) is 17.9 Å². The molecule has 1 fully saturated rings. The molecule has 0 aliphatic carbocycles. The molecule has 2 amide bonds. The lowest BCUT2D eigenvalue weighted by molar-refractivity contribution is -0.122. The molecule has 2 heterocycles. The SMILES string of the molecule is Cc1cc(C)c(C)c(S(=O)(=O)N(Cc2cccnc2)C2CC(=O)N(c3ccc(C#N)cc3)C2=O)c1C. The number of imide groups is 1. The highest BCUT2D eigenvalue weighted by Crippen LogP contribution is 2.34. The summed E-state index contributed by atoms with van der Waals surface area (Å²) in [6.45, 7) is 7.09. The molecule has 1 aromatic heterocycles. The van der Waals surface area contributed by atoms with E-state index in [1.165, 1.54) is 24.3 Å². The van der Waals surface area contributed by atoms with Crippen LogP contribution >= 0.6 is 0 Å². The molecule has 8 nitrogen and oxygen atoms in total. The molecule has 184 valence electrons. The van der Waals surface area contributed by atoms with E-state index in [0.717, 1.165) is 20.3 Å². The molecule has 2 aromatic carbocycles. The van der Waals surface area contributed by atoms with Gasteiger partial charge in [0.25, 0.3) is 5.91 Å². The average molecular weight is 503 g/mol. The molecule has 0 N–H and O–H groups in total. The van der Waals surface area contributed by atoms with E-state index in [4.69, 9.17) is 5.26 Å². The molecular formula is C27H26N4O4S. The average Bonchev–Trinajstić information content (AvgIpc) is 3.15. The number of aromatic nitrogens is 1. The van der Waals surface area contributed by atoms with Gasteiger partial charge >= 0.3 is 0 Å². The van der Waals surface area contributed by atoms with E-state index in [1.54, 1.807) is 38.4 Å². The molecule has 3 aromatic rings. The van der Waals surface area contributed by atoms with Crippen molar-refractivity contribution >= 4 is 27.5 Å². The van der Waals surface area contributed by atoms with Crippen molar-refractivity contribution in [3.63, 3.8) is 0 Å². The predicted molar refractivity (Wildman–Crippen MR) is 134 cm³/mol. The van der Waals surface area contributed by atoms with Crippen molar-refractivity contribution in [2.75, 3.05) is 4.90 Å². The van der Waals surface area contributed by atoms with Gasteiger partial charge in [0.1, 0.15) is 6.04 Å². The second kappa shape index (κ2) is 9.64. The number of nitriles is 1. The van der Waals surface area contributed by atoms with E-state index in [1.807, 2.05) is 26.0 Å². The van der Waals surface area contributed by atoms with E-state index < -0.39 is 27.9 Å². The van der Waals surface area contributed by atoms with Crippen molar-refractivity contribution < 1.29 is 18.0 Å². The maximum Gasteiger partial charge on any atom is 0.252 e. The standard InChI is InChI=1S/C27H26N4O4S/c1-17-12-18(2)20(4)26(19(17)3)36(34,35)30(16-22-6-5-11-29-15-22)24-13-25(32)31(27(24)33)23-9-7-21(14-28)8-10-23/h5-12,15,24H,13,16H2,1-4H3. The highest BCUT2D eigenvalue weighted by atomic mass is 32.2. The topological polar surface area (TPSA) is 111 Å². The molecule has 1 aliphatic rings. The number of carbonyl (C=O) groups excluding carboxylic acids is 2. The number of anilines is 1. The molecule has 36 heavy (non-hydrogen) atoms. The molecule has 4 rings (SSSR count). The molecule has 1 unspecified atom stereocenters. The Kier molecular flexibility index (Phi) is 6.76. The van der Waals surface area contributed by atoms with E-state index in [0.29, 0.717) is 27.9 Å². The highest BCUT2D eigenvalue weighted by Gasteiger charge is 2.47. The maximum absolute atomic E-state index is 14.2. The molecule has 0 spiro atoms. The third-order valence-corrected chi connectivity index (χ3v) is 8.78. The number of amides is 2. The van der Waals surface area contributed by atoms with Crippen LogP contribution in [0.5, 0.6) is 0 Å². The normalized spacial score (nSPS) is 16.0. The molecular weight excluding hydrogens is 476 g/mol. The Labute approximate surface area is 210 Å². The molecule has 0 bridgehead atoms. The fourth-order valence-corrected chi connectivity index (χ4v) is 6.67. The van der Waals surface area contributed by atoms with Crippen molar-refractivity contribution in [3.05, 3.63) is 88.2 Å². The van der Waals surface area contributed by atoms with Crippen LogP contribution in [-0.4, -0.2) is 35.6 Å². The summed E-state index contributed by atoms with van der Waals surface area (Å²) in [5.74, 6) is -1.13. The highest BCUT2D eigenvalue weighted by molar-refractivity contribution is 7.89. The Morgan fingerprint density at radius 2 is 1.69 bits per heavy atom. The van der Waals surface area contributed by atoms with Gasteiger partial charge in [0.05, 0.1) is 28.6 Å². The fourth-order valence-electron chi connectivity index (χ4n) is 4.52. The van der Waals surface area contributed by atoms with Crippen molar-refractivity contribution in [1.82, 2.24) is 9.29 Å². The Hall–Kier alpha value is -3.87. The summed E-state index contributed by atoms with van der Waals surface area (Å²) in [6.07, 6.45) is 2.84. The van der Waals surface area contributed by atoms with Gasteiger partial charge in [-0.05, 0) is 85.8 Å². The van der Waals surface area contributed by atoms with Gasteiger partial charge in [-0.15, -0.1) is 0 Å². The van der Waals surface area contributed by atoms with Gasteiger partial charge < -0.3 is 0 Å². The Morgan fingerprint density at radius 3 is 2.25 bits per heavy atom. The molecule has 1 saturated heterocycles. The number of hydrogen-bond donors (Lipinski definition) is 0. The van der Waals surface area contributed by atoms with Crippen LogP contribution in [0.1, 0.15) is 39.8 Å². The number of aryl methyl sites for hydroxylation is 2. The van der Waals surface area contributed by atoms with Gasteiger partial charge in [-0.1, -0.05) is 12.1 Å². The number of nitrogens with zero attached hydrogens (tertiary/aromatic N) is 4. The summed E-state index contributed by atoms with van der Waals surface area (Å²) in [7, 11) is -4.20. The second-order valence-corrected chi connectivity index (χ2v) is 10.8. The minimum Gasteiger partial charge on any atom is -0.274 e. The zero-order valence-electron chi connectivity index (χ0n) is 20.5. The third-order valence-electron chi connectivity index (χ3n) is 6.65. The quantitative estimate of drug-likeness (QED) is 0.475. The first-order valence-electron chi connectivity index (χ1n) is 11.4. The van der Waals surface area contributed by atoms with Crippen LogP contribution in [0.25, 0.3) is 0 Å². The molecule has 0 saturated carbocycles. The molecule has 1 aliphatic heterocycles. The Bertz CT molecular complexity index is 1470. The number of benzene rings is 2. The monoisotopic (exact) mass is 502 g/mol. The van der Waals surface area contributed by atoms with Crippen molar-refractivity contribution in [3.8, 4) is 6.07 Å². The van der Waals surface area contributed by atoms with Crippen LogP contribution in [-0.2, 0) is 26.2 Å². The smallest absolute Gasteiger partial charge is 0.252 e. The maximum atomic E-state index is 14.2.